The summed E-state index contributed by atoms with van der Waals surface area (Å²) in [5, 5.41) is 0. The highest BCUT2D eigenvalue weighted by Crippen LogP contribution is 2.61. The van der Waals surface area contributed by atoms with Crippen LogP contribution >= 0.6 is 0 Å². The minimum absolute atomic E-state index is 0.267. The van der Waals surface area contributed by atoms with Gasteiger partial charge in [-0.1, -0.05) is 24.3 Å². The third-order valence-corrected chi connectivity index (χ3v) is 4.40. The number of hydrogen-bond acceptors (Lipinski definition) is 1. The minimum Gasteiger partial charge on any atom is -0.327 e. The van der Waals surface area contributed by atoms with Gasteiger partial charge in [0.1, 0.15) is 0 Å². The van der Waals surface area contributed by atoms with E-state index in [-0.39, 0.29) is 6.04 Å². The summed E-state index contributed by atoms with van der Waals surface area (Å²) in [5.74, 6) is 8.32. The zero-order chi connectivity index (χ0) is 11.8. The van der Waals surface area contributed by atoms with Crippen molar-refractivity contribution in [2.24, 2.45) is 17.6 Å². The van der Waals surface area contributed by atoms with Gasteiger partial charge in [-0.25, -0.2) is 0 Å². The summed E-state index contributed by atoms with van der Waals surface area (Å²) >= 11 is 0. The van der Waals surface area contributed by atoms with E-state index in [0.29, 0.717) is 5.92 Å². The molecule has 0 bridgehead atoms. The zero-order valence-corrected chi connectivity index (χ0v) is 10.3. The number of hydrogen-bond donors (Lipinski definition) is 1. The molecule has 17 heavy (non-hydrogen) atoms. The minimum atomic E-state index is 0.267. The van der Waals surface area contributed by atoms with Crippen LogP contribution in [-0.2, 0) is 6.42 Å². The average molecular weight is 225 g/mol. The Kier molecular flexibility index (Phi) is 2.68. The quantitative estimate of drug-likeness (QED) is 0.769. The second-order valence-electron chi connectivity index (χ2n) is 5.30. The fraction of sp³-hybridized carbons (Fsp3) is 0.500. The lowest BCUT2D eigenvalue weighted by Crippen LogP contribution is -2.23. The molecule has 0 spiro atoms. The van der Waals surface area contributed by atoms with Gasteiger partial charge in [-0.05, 0) is 48.6 Å². The van der Waals surface area contributed by atoms with Gasteiger partial charge in [0, 0.05) is 12.5 Å². The molecule has 0 amide bonds. The second-order valence-corrected chi connectivity index (χ2v) is 5.30. The highest BCUT2D eigenvalue weighted by molar-refractivity contribution is 5.40. The first kappa shape index (κ1) is 10.9. The van der Waals surface area contributed by atoms with Gasteiger partial charge >= 0.3 is 0 Å². The molecule has 0 heterocycles. The fourth-order valence-electron chi connectivity index (χ4n) is 3.56. The molecule has 0 aromatic heterocycles. The first-order chi connectivity index (χ1) is 8.33. The Bertz CT molecular complexity index is 480. The summed E-state index contributed by atoms with van der Waals surface area (Å²) in [4.78, 5) is 0. The van der Waals surface area contributed by atoms with Crippen molar-refractivity contribution in [1.29, 1.82) is 0 Å². The summed E-state index contributed by atoms with van der Waals surface area (Å²) in [6.45, 7) is 1.89. The highest BCUT2D eigenvalue weighted by Gasteiger charge is 2.55. The lowest BCUT2D eigenvalue weighted by molar-refractivity contribution is 0.543. The molecule has 4 atom stereocenters. The summed E-state index contributed by atoms with van der Waals surface area (Å²) < 4.78 is 0. The lowest BCUT2D eigenvalue weighted by Gasteiger charge is -2.13. The van der Waals surface area contributed by atoms with Crippen molar-refractivity contribution in [3.05, 3.63) is 35.4 Å². The van der Waals surface area contributed by atoms with Crippen LogP contribution in [0.4, 0.5) is 0 Å². The third-order valence-electron chi connectivity index (χ3n) is 4.40. The average Bonchev–Trinajstić information content (AvgIpc) is 3.11. The number of fused-ring (bicyclic) bond motifs is 3. The van der Waals surface area contributed by atoms with Crippen molar-refractivity contribution in [2.75, 3.05) is 0 Å². The van der Waals surface area contributed by atoms with E-state index in [9.17, 15) is 0 Å². The van der Waals surface area contributed by atoms with E-state index in [1.165, 1.54) is 12.8 Å². The zero-order valence-electron chi connectivity index (χ0n) is 10.3. The Labute approximate surface area is 103 Å². The molecule has 1 heteroatoms. The van der Waals surface area contributed by atoms with Gasteiger partial charge < -0.3 is 5.73 Å². The summed E-state index contributed by atoms with van der Waals surface area (Å²) in [7, 11) is 0. The van der Waals surface area contributed by atoms with Crippen molar-refractivity contribution in [3.8, 4) is 11.8 Å². The molecule has 1 nitrogen and oxygen atoms in total. The molecule has 3 rings (SSSR count). The number of rotatable bonds is 2. The smallest absolute Gasteiger partial charge is 0.0244 e. The SMILES string of the molecule is CC#CCC(N)C1C2CCc3ccccc3C21. The molecule has 88 valence electrons. The molecular formula is C16H19N. The van der Waals surface area contributed by atoms with Gasteiger partial charge in [-0.15, -0.1) is 11.8 Å². The molecule has 1 saturated carbocycles. The Morgan fingerprint density at radius 3 is 3.06 bits per heavy atom. The monoisotopic (exact) mass is 225 g/mol. The van der Waals surface area contributed by atoms with Crippen molar-refractivity contribution < 1.29 is 0 Å². The summed E-state index contributed by atoms with van der Waals surface area (Å²) in [6.07, 6.45) is 3.41. The normalized spacial score (nSPS) is 30.6. The topological polar surface area (TPSA) is 26.0 Å². The van der Waals surface area contributed by atoms with Gasteiger partial charge in [0.05, 0.1) is 0 Å². The molecule has 0 saturated heterocycles. The van der Waals surface area contributed by atoms with Crippen molar-refractivity contribution in [3.63, 3.8) is 0 Å². The molecule has 1 aromatic carbocycles. The Morgan fingerprint density at radius 2 is 2.24 bits per heavy atom. The van der Waals surface area contributed by atoms with E-state index in [2.05, 4.69) is 36.1 Å². The van der Waals surface area contributed by atoms with Gasteiger partial charge in [0.25, 0.3) is 0 Å². The predicted octanol–water partition coefficient (Wildman–Crippen LogP) is 2.70. The van der Waals surface area contributed by atoms with Crippen LogP contribution in [-0.4, -0.2) is 6.04 Å². The lowest BCUT2D eigenvalue weighted by atomic mass is 9.92. The molecule has 1 aromatic rings. The van der Waals surface area contributed by atoms with Crippen LogP contribution in [0, 0.1) is 23.7 Å². The Morgan fingerprint density at radius 1 is 1.41 bits per heavy atom. The molecule has 1 fully saturated rings. The predicted molar refractivity (Wildman–Crippen MR) is 70.5 cm³/mol. The highest BCUT2D eigenvalue weighted by atomic mass is 14.7. The van der Waals surface area contributed by atoms with E-state index in [4.69, 9.17) is 5.73 Å². The van der Waals surface area contributed by atoms with E-state index < -0.39 is 0 Å². The maximum Gasteiger partial charge on any atom is 0.0244 e. The van der Waals surface area contributed by atoms with Crippen molar-refractivity contribution in [2.45, 2.75) is 38.1 Å². The van der Waals surface area contributed by atoms with Gasteiger partial charge in [-0.2, -0.15) is 0 Å². The number of nitrogens with two attached hydrogens (primary N) is 1. The van der Waals surface area contributed by atoms with Crippen LogP contribution in [0.5, 0.6) is 0 Å². The van der Waals surface area contributed by atoms with E-state index in [1.807, 2.05) is 6.92 Å². The first-order valence-electron chi connectivity index (χ1n) is 6.56. The maximum atomic E-state index is 6.28. The van der Waals surface area contributed by atoms with Crippen LogP contribution < -0.4 is 5.73 Å². The fourth-order valence-corrected chi connectivity index (χ4v) is 3.56. The van der Waals surface area contributed by atoms with Crippen LogP contribution in [0.2, 0.25) is 0 Å². The van der Waals surface area contributed by atoms with E-state index in [0.717, 1.165) is 18.3 Å². The van der Waals surface area contributed by atoms with Gasteiger partial charge in [0.2, 0.25) is 0 Å². The standard InChI is InChI=1S/C16H19N/c1-2-3-8-14(17)16-13-10-9-11-6-4-5-7-12(11)15(13)16/h4-7,13-16H,8-10,17H2,1H3. The first-order valence-corrected chi connectivity index (χ1v) is 6.56. The van der Waals surface area contributed by atoms with E-state index in [1.54, 1.807) is 11.1 Å². The molecule has 2 aliphatic rings. The molecule has 0 aliphatic heterocycles. The van der Waals surface area contributed by atoms with Crippen LogP contribution in [0.25, 0.3) is 0 Å². The molecule has 2 N–H and O–H groups in total. The maximum absolute atomic E-state index is 6.28. The molecule has 2 aliphatic carbocycles. The van der Waals surface area contributed by atoms with Crippen molar-refractivity contribution >= 4 is 0 Å². The van der Waals surface area contributed by atoms with E-state index >= 15 is 0 Å². The molecule has 4 unspecified atom stereocenters. The van der Waals surface area contributed by atoms with Gasteiger partial charge in [0.15, 0.2) is 0 Å². The second kappa shape index (κ2) is 4.20. The number of benzene rings is 1. The van der Waals surface area contributed by atoms with Crippen molar-refractivity contribution in [1.82, 2.24) is 0 Å². The summed E-state index contributed by atoms with van der Waals surface area (Å²) in [5.41, 5.74) is 9.39. The summed E-state index contributed by atoms with van der Waals surface area (Å²) in [6, 6.07) is 9.15. The third kappa shape index (κ3) is 1.77. The van der Waals surface area contributed by atoms with Crippen LogP contribution in [0.3, 0.4) is 0 Å². The Balaban J connectivity index is 1.79. The Hall–Kier alpha value is -1.26. The van der Waals surface area contributed by atoms with Gasteiger partial charge in [-0.3, -0.25) is 0 Å². The largest absolute Gasteiger partial charge is 0.327 e. The molecule has 0 radical (unpaired) electrons. The molecular weight excluding hydrogens is 206 g/mol. The number of aryl methyl sites for hydroxylation is 1. The van der Waals surface area contributed by atoms with Crippen LogP contribution in [0.15, 0.2) is 24.3 Å². The van der Waals surface area contributed by atoms with Crippen LogP contribution in [0.1, 0.15) is 36.8 Å².